The van der Waals surface area contributed by atoms with Gasteiger partial charge in [-0.15, -0.1) is 0 Å². The lowest BCUT2D eigenvalue weighted by atomic mass is 10.1. The molecule has 0 aliphatic heterocycles. The highest BCUT2D eigenvalue weighted by atomic mass is 35.5. The molecule has 1 aliphatic carbocycles. The number of fused-ring (bicyclic) bond motifs is 1. The maximum Gasteiger partial charge on any atom is 0.142 e. The number of hydrogen-bond acceptors (Lipinski definition) is 2. The van der Waals surface area contributed by atoms with Crippen LogP contribution in [0.2, 0.25) is 0 Å². The summed E-state index contributed by atoms with van der Waals surface area (Å²) in [7, 11) is 0. The van der Waals surface area contributed by atoms with Crippen LogP contribution in [0.15, 0.2) is 12.4 Å². The van der Waals surface area contributed by atoms with Crippen molar-refractivity contribution in [3.05, 3.63) is 23.8 Å². The van der Waals surface area contributed by atoms with Crippen molar-refractivity contribution >= 4 is 29.3 Å². The predicted molar refractivity (Wildman–Crippen MR) is 56.3 cm³/mol. The molecule has 0 aromatic carbocycles. The minimum absolute atomic E-state index is 0.474. The van der Waals surface area contributed by atoms with E-state index in [1.54, 1.807) is 30.0 Å². The van der Waals surface area contributed by atoms with Gasteiger partial charge in [0, 0.05) is 6.42 Å². The normalized spacial score (nSPS) is 20.6. The van der Waals surface area contributed by atoms with Crippen molar-refractivity contribution in [1.82, 2.24) is 9.55 Å². The molecule has 0 spiro atoms. The molecule has 5 heteroatoms. The van der Waals surface area contributed by atoms with E-state index in [0.717, 1.165) is 11.4 Å². The number of halogens is 2. The Hall–Kier alpha value is -0.510. The third-order valence-electron chi connectivity index (χ3n) is 2.20. The fraction of sp³-hybridized carbons (Fsp3) is 0.444. The van der Waals surface area contributed by atoms with Crippen LogP contribution in [0.3, 0.4) is 0 Å². The molecule has 1 aromatic rings. The molecule has 1 aromatic heterocycles. The minimum atomic E-state index is -0.870. The average molecular weight is 233 g/mol. The van der Waals surface area contributed by atoms with Crippen molar-refractivity contribution in [2.75, 3.05) is 0 Å². The van der Waals surface area contributed by atoms with Crippen molar-refractivity contribution in [1.29, 1.82) is 0 Å². The maximum absolute atomic E-state index is 9.42. The number of aliphatic hydroxyl groups excluding tert-OH is 1. The fourth-order valence-electron chi connectivity index (χ4n) is 1.51. The van der Waals surface area contributed by atoms with Gasteiger partial charge in [-0.1, -0.05) is 23.2 Å². The zero-order valence-corrected chi connectivity index (χ0v) is 9.13. The van der Waals surface area contributed by atoms with E-state index < -0.39 is 10.6 Å². The van der Waals surface area contributed by atoms with Gasteiger partial charge in [-0.05, 0) is 19.1 Å². The molecule has 1 heterocycles. The summed E-state index contributed by atoms with van der Waals surface area (Å²) in [5.74, 6) is 0. The van der Waals surface area contributed by atoms with Crippen LogP contribution in [0.4, 0.5) is 0 Å². The van der Waals surface area contributed by atoms with Crippen molar-refractivity contribution < 1.29 is 5.11 Å². The molecule has 0 saturated heterocycles. The van der Waals surface area contributed by atoms with Gasteiger partial charge in [0.2, 0.25) is 0 Å². The largest absolute Gasteiger partial charge is 0.374 e. The van der Waals surface area contributed by atoms with Gasteiger partial charge in [0.05, 0.1) is 17.7 Å². The van der Waals surface area contributed by atoms with E-state index in [1.165, 1.54) is 0 Å². The fourth-order valence-corrected chi connectivity index (χ4v) is 1.89. The topological polar surface area (TPSA) is 38.0 Å². The smallest absolute Gasteiger partial charge is 0.142 e. The molecule has 14 heavy (non-hydrogen) atoms. The van der Waals surface area contributed by atoms with Crippen molar-refractivity contribution in [3.8, 4) is 0 Å². The zero-order valence-electron chi connectivity index (χ0n) is 7.61. The summed E-state index contributed by atoms with van der Waals surface area (Å²) in [6.07, 6.45) is 4.97. The molecule has 1 aliphatic rings. The molecule has 0 saturated carbocycles. The van der Waals surface area contributed by atoms with Crippen LogP contribution in [0.25, 0.3) is 6.08 Å². The van der Waals surface area contributed by atoms with E-state index in [2.05, 4.69) is 4.98 Å². The number of hydrogen-bond donors (Lipinski definition) is 1. The molecule has 0 bridgehead atoms. The monoisotopic (exact) mass is 232 g/mol. The molecule has 0 amide bonds. The Morgan fingerprint density at radius 2 is 2.36 bits per heavy atom. The summed E-state index contributed by atoms with van der Waals surface area (Å²) >= 11 is 11.9. The Morgan fingerprint density at radius 1 is 1.64 bits per heavy atom. The van der Waals surface area contributed by atoms with Gasteiger partial charge in [-0.25, -0.2) is 4.98 Å². The van der Waals surface area contributed by atoms with Crippen molar-refractivity contribution in [3.63, 3.8) is 0 Å². The number of aliphatic hydroxyl groups is 1. The second-order valence-electron chi connectivity index (χ2n) is 3.39. The highest BCUT2D eigenvalue weighted by Crippen LogP contribution is 2.34. The van der Waals surface area contributed by atoms with Gasteiger partial charge in [-0.2, -0.15) is 0 Å². The molecule has 2 rings (SSSR count). The van der Waals surface area contributed by atoms with E-state index in [1.807, 2.05) is 0 Å². The second-order valence-corrected chi connectivity index (χ2v) is 4.93. The van der Waals surface area contributed by atoms with E-state index in [4.69, 9.17) is 23.2 Å². The summed E-state index contributed by atoms with van der Waals surface area (Å²) in [6, 6.07) is 0. The Bertz CT molecular complexity index is 382. The summed E-state index contributed by atoms with van der Waals surface area (Å²) in [5.41, 5.74) is 1.69. The number of imidazole rings is 1. The van der Waals surface area contributed by atoms with Gasteiger partial charge >= 0.3 is 0 Å². The summed E-state index contributed by atoms with van der Waals surface area (Å²) in [4.78, 5) is 4.16. The SMILES string of the molecule is CC(O)n1cnc2c1C=CC(Cl)(Cl)C2. The lowest BCUT2D eigenvalue weighted by Gasteiger charge is -2.19. The third kappa shape index (κ3) is 1.67. The molecule has 0 fully saturated rings. The molecular weight excluding hydrogens is 223 g/mol. The number of allylic oxidation sites excluding steroid dienone is 1. The summed E-state index contributed by atoms with van der Waals surface area (Å²) in [6.45, 7) is 1.68. The van der Waals surface area contributed by atoms with Gasteiger partial charge in [0.1, 0.15) is 10.6 Å². The van der Waals surface area contributed by atoms with Crippen molar-refractivity contribution in [2.45, 2.75) is 23.9 Å². The lowest BCUT2D eigenvalue weighted by Crippen LogP contribution is -2.18. The second kappa shape index (κ2) is 3.26. The minimum Gasteiger partial charge on any atom is -0.374 e. The average Bonchev–Trinajstić information content (AvgIpc) is 2.44. The predicted octanol–water partition coefficient (Wildman–Crippen LogP) is 2.14. The van der Waals surface area contributed by atoms with Crippen molar-refractivity contribution in [2.24, 2.45) is 0 Å². The first kappa shape index (κ1) is 10.0. The molecule has 1 unspecified atom stereocenters. The quantitative estimate of drug-likeness (QED) is 0.754. The van der Waals surface area contributed by atoms with Crippen LogP contribution >= 0.6 is 23.2 Å². The first-order valence-corrected chi connectivity index (χ1v) is 5.06. The first-order valence-electron chi connectivity index (χ1n) is 4.30. The zero-order chi connectivity index (χ0) is 10.3. The molecule has 1 N–H and O–H groups in total. The number of nitrogens with zero attached hydrogens (tertiary/aromatic N) is 2. The highest BCUT2D eigenvalue weighted by molar-refractivity contribution is 6.50. The van der Waals surface area contributed by atoms with E-state index >= 15 is 0 Å². The molecule has 0 radical (unpaired) electrons. The Labute approximate surface area is 92.0 Å². The van der Waals surface area contributed by atoms with Crippen LogP contribution in [0, 0.1) is 0 Å². The lowest BCUT2D eigenvalue weighted by molar-refractivity contribution is 0.123. The number of rotatable bonds is 1. The van der Waals surface area contributed by atoms with Crippen LogP contribution < -0.4 is 0 Å². The van der Waals surface area contributed by atoms with Crippen LogP contribution in [-0.2, 0) is 6.42 Å². The number of alkyl halides is 2. The van der Waals surface area contributed by atoms with Gasteiger partial charge in [-0.3, -0.25) is 0 Å². The highest BCUT2D eigenvalue weighted by Gasteiger charge is 2.28. The third-order valence-corrected chi connectivity index (χ3v) is 2.72. The molecule has 1 atom stereocenters. The molecule has 76 valence electrons. The Morgan fingerprint density at radius 3 is 3.00 bits per heavy atom. The molecule has 3 nitrogen and oxygen atoms in total. The maximum atomic E-state index is 9.42. The van der Waals surface area contributed by atoms with E-state index in [0.29, 0.717) is 6.42 Å². The van der Waals surface area contributed by atoms with Crippen LogP contribution in [0.5, 0.6) is 0 Å². The van der Waals surface area contributed by atoms with Gasteiger partial charge in [0.15, 0.2) is 0 Å². The number of aromatic nitrogens is 2. The van der Waals surface area contributed by atoms with Crippen LogP contribution in [-0.4, -0.2) is 19.0 Å². The Kier molecular flexibility index (Phi) is 2.33. The van der Waals surface area contributed by atoms with Crippen LogP contribution in [0.1, 0.15) is 24.5 Å². The summed E-state index contributed by atoms with van der Waals surface area (Å²) in [5, 5.41) is 9.42. The van der Waals surface area contributed by atoms with Gasteiger partial charge < -0.3 is 9.67 Å². The van der Waals surface area contributed by atoms with E-state index in [9.17, 15) is 5.11 Å². The van der Waals surface area contributed by atoms with Gasteiger partial charge in [0.25, 0.3) is 0 Å². The first-order chi connectivity index (χ1) is 6.49. The standard InChI is InChI=1S/C9H10Cl2N2O/c1-6(14)13-5-12-7-4-9(10,11)3-2-8(7)13/h2-3,5-6,14H,4H2,1H3. The summed E-state index contributed by atoms with van der Waals surface area (Å²) < 4.78 is 0.805. The van der Waals surface area contributed by atoms with E-state index in [-0.39, 0.29) is 0 Å². The Balaban J connectivity index is 2.43. The molecular formula is C9H10Cl2N2O.